The van der Waals surface area contributed by atoms with Gasteiger partial charge in [-0.3, -0.25) is 4.79 Å². The van der Waals surface area contributed by atoms with E-state index in [4.69, 9.17) is 9.47 Å². The van der Waals surface area contributed by atoms with Gasteiger partial charge in [-0.05, 0) is 24.4 Å². The predicted molar refractivity (Wildman–Crippen MR) is 72.9 cm³/mol. The Bertz CT molecular complexity index is 532. The SMILES string of the molecule is CCOc1cc(OC)c(C=O)cc1-c1cccs1. The molecule has 1 aromatic carbocycles. The summed E-state index contributed by atoms with van der Waals surface area (Å²) in [6.45, 7) is 2.50. The van der Waals surface area contributed by atoms with E-state index in [9.17, 15) is 4.79 Å². The Labute approximate surface area is 110 Å². The topological polar surface area (TPSA) is 35.5 Å². The Hall–Kier alpha value is -1.81. The first-order valence-electron chi connectivity index (χ1n) is 5.64. The van der Waals surface area contributed by atoms with Gasteiger partial charge in [-0.1, -0.05) is 6.07 Å². The average molecular weight is 262 g/mol. The molecule has 0 fully saturated rings. The first-order chi connectivity index (χ1) is 8.80. The number of thiophene rings is 1. The second-order valence-corrected chi connectivity index (χ2v) is 4.57. The van der Waals surface area contributed by atoms with Crippen LogP contribution in [0.1, 0.15) is 17.3 Å². The van der Waals surface area contributed by atoms with Crippen LogP contribution in [0.15, 0.2) is 29.6 Å². The molecule has 0 N–H and O–H groups in total. The molecule has 0 atom stereocenters. The number of carbonyl (C=O) groups excluding carboxylic acids is 1. The molecular formula is C14H14O3S. The second-order valence-electron chi connectivity index (χ2n) is 3.62. The number of methoxy groups -OCH3 is 1. The molecule has 0 aliphatic carbocycles. The number of rotatable bonds is 5. The zero-order chi connectivity index (χ0) is 13.0. The number of aldehydes is 1. The van der Waals surface area contributed by atoms with Crippen LogP contribution in [0.25, 0.3) is 10.4 Å². The molecule has 0 bridgehead atoms. The maximum absolute atomic E-state index is 11.1. The van der Waals surface area contributed by atoms with E-state index in [-0.39, 0.29) is 0 Å². The summed E-state index contributed by atoms with van der Waals surface area (Å²) in [7, 11) is 1.54. The molecule has 1 heterocycles. The fourth-order valence-corrected chi connectivity index (χ4v) is 2.49. The van der Waals surface area contributed by atoms with Crippen LogP contribution in [-0.2, 0) is 0 Å². The summed E-state index contributed by atoms with van der Waals surface area (Å²) in [6, 6.07) is 7.55. The smallest absolute Gasteiger partial charge is 0.153 e. The molecule has 0 amide bonds. The van der Waals surface area contributed by atoms with Gasteiger partial charge in [0.1, 0.15) is 11.5 Å². The highest BCUT2D eigenvalue weighted by molar-refractivity contribution is 7.13. The van der Waals surface area contributed by atoms with Gasteiger partial charge in [0.2, 0.25) is 0 Å². The van der Waals surface area contributed by atoms with Crippen molar-refractivity contribution in [1.29, 1.82) is 0 Å². The van der Waals surface area contributed by atoms with E-state index >= 15 is 0 Å². The van der Waals surface area contributed by atoms with E-state index in [2.05, 4.69) is 0 Å². The highest BCUT2D eigenvalue weighted by Gasteiger charge is 2.13. The van der Waals surface area contributed by atoms with Crippen molar-refractivity contribution in [1.82, 2.24) is 0 Å². The van der Waals surface area contributed by atoms with E-state index in [1.54, 1.807) is 24.5 Å². The molecule has 0 aliphatic rings. The number of hydrogen-bond acceptors (Lipinski definition) is 4. The fraction of sp³-hybridized carbons (Fsp3) is 0.214. The van der Waals surface area contributed by atoms with E-state index in [1.165, 1.54) is 0 Å². The molecule has 94 valence electrons. The Morgan fingerprint density at radius 2 is 2.17 bits per heavy atom. The summed E-state index contributed by atoms with van der Waals surface area (Å²) in [5.41, 5.74) is 1.46. The lowest BCUT2D eigenvalue weighted by atomic mass is 10.1. The first-order valence-corrected chi connectivity index (χ1v) is 6.52. The van der Waals surface area contributed by atoms with Crippen LogP contribution in [0, 0.1) is 0 Å². The summed E-state index contributed by atoms with van der Waals surface area (Å²) in [4.78, 5) is 12.1. The number of ether oxygens (including phenoxy) is 2. The zero-order valence-electron chi connectivity index (χ0n) is 10.3. The summed E-state index contributed by atoms with van der Waals surface area (Å²) >= 11 is 1.61. The third kappa shape index (κ3) is 2.38. The Morgan fingerprint density at radius 1 is 1.33 bits per heavy atom. The Balaban J connectivity index is 2.58. The van der Waals surface area contributed by atoms with Crippen LogP contribution in [0.5, 0.6) is 11.5 Å². The average Bonchev–Trinajstić information content (AvgIpc) is 2.92. The third-order valence-electron chi connectivity index (χ3n) is 2.55. The van der Waals surface area contributed by atoms with E-state index in [0.29, 0.717) is 17.9 Å². The lowest BCUT2D eigenvalue weighted by Gasteiger charge is -2.12. The van der Waals surface area contributed by atoms with Crippen molar-refractivity contribution < 1.29 is 14.3 Å². The number of benzene rings is 1. The van der Waals surface area contributed by atoms with E-state index < -0.39 is 0 Å². The molecule has 1 aromatic heterocycles. The van der Waals surface area contributed by atoms with Crippen LogP contribution in [0.3, 0.4) is 0 Å². The molecule has 0 saturated heterocycles. The highest BCUT2D eigenvalue weighted by Crippen LogP contribution is 2.37. The van der Waals surface area contributed by atoms with Gasteiger partial charge in [0.25, 0.3) is 0 Å². The molecular weight excluding hydrogens is 248 g/mol. The van der Waals surface area contributed by atoms with Gasteiger partial charge in [0.15, 0.2) is 6.29 Å². The summed E-state index contributed by atoms with van der Waals surface area (Å²) in [5, 5.41) is 2.00. The van der Waals surface area contributed by atoms with Crippen LogP contribution in [0.4, 0.5) is 0 Å². The molecule has 2 aromatic rings. The minimum absolute atomic E-state index is 0.532. The molecule has 18 heavy (non-hydrogen) atoms. The van der Waals surface area contributed by atoms with Gasteiger partial charge in [0.05, 0.1) is 19.3 Å². The van der Waals surface area contributed by atoms with Crippen LogP contribution in [-0.4, -0.2) is 20.0 Å². The number of hydrogen-bond donors (Lipinski definition) is 0. The normalized spacial score (nSPS) is 10.1. The summed E-state index contributed by atoms with van der Waals surface area (Å²) in [5.74, 6) is 1.27. The van der Waals surface area contributed by atoms with Crippen molar-refractivity contribution in [2.75, 3.05) is 13.7 Å². The standard InChI is InChI=1S/C14H14O3S/c1-3-17-13-8-12(16-2)10(9-15)7-11(13)14-5-4-6-18-14/h4-9H,3H2,1-2H3. The second kappa shape index (κ2) is 5.69. The monoisotopic (exact) mass is 262 g/mol. The van der Waals surface area contributed by atoms with Crippen LogP contribution < -0.4 is 9.47 Å². The quantitative estimate of drug-likeness (QED) is 0.772. The maximum Gasteiger partial charge on any atom is 0.153 e. The zero-order valence-corrected chi connectivity index (χ0v) is 11.1. The minimum atomic E-state index is 0.532. The Morgan fingerprint density at radius 3 is 2.72 bits per heavy atom. The van der Waals surface area contributed by atoms with E-state index in [0.717, 1.165) is 22.5 Å². The molecule has 3 nitrogen and oxygen atoms in total. The minimum Gasteiger partial charge on any atom is -0.496 e. The lowest BCUT2D eigenvalue weighted by molar-refractivity contribution is 0.112. The molecule has 4 heteroatoms. The molecule has 0 aliphatic heterocycles. The molecule has 0 spiro atoms. The van der Waals surface area contributed by atoms with E-state index in [1.807, 2.05) is 30.5 Å². The fourth-order valence-electron chi connectivity index (χ4n) is 1.75. The maximum atomic E-state index is 11.1. The summed E-state index contributed by atoms with van der Waals surface area (Å²) in [6.07, 6.45) is 0.797. The first kappa shape index (κ1) is 12.6. The largest absolute Gasteiger partial charge is 0.496 e. The van der Waals surface area contributed by atoms with Gasteiger partial charge in [-0.15, -0.1) is 11.3 Å². The number of carbonyl (C=O) groups is 1. The van der Waals surface area contributed by atoms with Crippen molar-refractivity contribution in [2.45, 2.75) is 6.92 Å². The van der Waals surface area contributed by atoms with Gasteiger partial charge in [-0.25, -0.2) is 0 Å². The molecule has 0 unspecified atom stereocenters. The van der Waals surface area contributed by atoms with Gasteiger partial charge < -0.3 is 9.47 Å². The van der Waals surface area contributed by atoms with Gasteiger partial charge >= 0.3 is 0 Å². The molecule has 0 saturated carbocycles. The highest BCUT2D eigenvalue weighted by atomic mass is 32.1. The van der Waals surface area contributed by atoms with Gasteiger partial charge in [0, 0.05) is 16.5 Å². The molecule has 2 rings (SSSR count). The van der Waals surface area contributed by atoms with Crippen molar-refractivity contribution >= 4 is 17.6 Å². The summed E-state index contributed by atoms with van der Waals surface area (Å²) < 4.78 is 10.8. The lowest BCUT2D eigenvalue weighted by Crippen LogP contribution is -1.97. The van der Waals surface area contributed by atoms with Crippen molar-refractivity contribution in [3.63, 3.8) is 0 Å². The Kier molecular flexibility index (Phi) is 3.99. The predicted octanol–water partition coefficient (Wildman–Crippen LogP) is 3.63. The van der Waals surface area contributed by atoms with Crippen molar-refractivity contribution in [3.05, 3.63) is 35.2 Å². The van der Waals surface area contributed by atoms with Crippen LogP contribution >= 0.6 is 11.3 Å². The third-order valence-corrected chi connectivity index (χ3v) is 3.45. The van der Waals surface area contributed by atoms with Gasteiger partial charge in [-0.2, -0.15) is 0 Å². The molecule has 0 radical (unpaired) electrons. The van der Waals surface area contributed by atoms with Crippen molar-refractivity contribution in [3.8, 4) is 21.9 Å². The van der Waals surface area contributed by atoms with Crippen LogP contribution in [0.2, 0.25) is 0 Å². The van der Waals surface area contributed by atoms with Crippen molar-refractivity contribution in [2.24, 2.45) is 0 Å².